The predicted octanol–water partition coefficient (Wildman–Crippen LogP) is 2.71. The molecule has 0 spiro atoms. The summed E-state index contributed by atoms with van der Waals surface area (Å²) in [5.74, 6) is 1.62. The highest BCUT2D eigenvalue weighted by Crippen LogP contribution is 2.17. The SMILES string of the molecule is CN=C(NCCNC(=O)C(C)(C)C)NCC(C)Oc1ccccc1C.I. The number of ether oxygens (including phenoxy) is 1. The number of amides is 1. The average Bonchev–Trinajstić information content (AvgIpc) is 2.55. The summed E-state index contributed by atoms with van der Waals surface area (Å²) in [7, 11) is 1.72. The quantitative estimate of drug-likeness (QED) is 0.245. The van der Waals surface area contributed by atoms with Crippen LogP contribution in [0.1, 0.15) is 33.3 Å². The Labute approximate surface area is 174 Å². The van der Waals surface area contributed by atoms with Gasteiger partial charge in [0.2, 0.25) is 5.91 Å². The number of nitrogens with zero attached hydrogens (tertiary/aromatic N) is 1. The standard InChI is InChI=1S/C19H32N4O2.HI/c1-14-9-7-8-10-16(14)25-15(2)13-23-18(20-6)22-12-11-21-17(24)19(3,4)5;/h7-10,15H,11-13H2,1-6H3,(H,21,24)(H2,20,22,23);1H. The van der Waals surface area contributed by atoms with E-state index in [0.29, 0.717) is 25.6 Å². The van der Waals surface area contributed by atoms with Gasteiger partial charge in [-0.2, -0.15) is 0 Å². The molecule has 1 aromatic carbocycles. The van der Waals surface area contributed by atoms with E-state index in [1.807, 2.05) is 58.9 Å². The van der Waals surface area contributed by atoms with Gasteiger partial charge in [0.05, 0.1) is 6.54 Å². The van der Waals surface area contributed by atoms with Crippen LogP contribution in [0.2, 0.25) is 0 Å². The Bertz CT molecular complexity index is 585. The summed E-state index contributed by atoms with van der Waals surface area (Å²) in [6, 6.07) is 7.96. The van der Waals surface area contributed by atoms with Crippen molar-refractivity contribution in [2.24, 2.45) is 10.4 Å². The van der Waals surface area contributed by atoms with Crippen molar-refractivity contribution in [1.29, 1.82) is 0 Å². The number of carbonyl (C=O) groups excluding carboxylic acids is 1. The topological polar surface area (TPSA) is 74.8 Å². The second-order valence-electron chi connectivity index (χ2n) is 7.08. The van der Waals surface area contributed by atoms with E-state index in [4.69, 9.17) is 4.74 Å². The van der Waals surface area contributed by atoms with Crippen LogP contribution in [0.4, 0.5) is 0 Å². The third-order valence-electron chi connectivity index (χ3n) is 3.59. The van der Waals surface area contributed by atoms with Crippen molar-refractivity contribution >= 4 is 35.8 Å². The Hall–Kier alpha value is -1.51. The van der Waals surface area contributed by atoms with Gasteiger partial charge in [0.1, 0.15) is 11.9 Å². The van der Waals surface area contributed by atoms with Crippen LogP contribution in [0, 0.1) is 12.3 Å². The molecule has 0 saturated carbocycles. The zero-order chi connectivity index (χ0) is 18.9. The highest BCUT2D eigenvalue weighted by atomic mass is 127. The maximum absolute atomic E-state index is 11.8. The molecule has 26 heavy (non-hydrogen) atoms. The Morgan fingerprint density at radius 1 is 1.15 bits per heavy atom. The second kappa shape index (κ2) is 12.0. The number of carbonyl (C=O) groups is 1. The lowest BCUT2D eigenvalue weighted by Crippen LogP contribution is -2.45. The minimum Gasteiger partial charge on any atom is -0.489 e. The summed E-state index contributed by atoms with van der Waals surface area (Å²) in [6.45, 7) is 11.5. The van der Waals surface area contributed by atoms with Gasteiger partial charge in [-0.1, -0.05) is 39.0 Å². The largest absolute Gasteiger partial charge is 0.489 e. The molecule has 1 rings (SSSR count). The molecular formula is C19H33IN4O2. The Morgan fingerprint density at radius 3 is 2.35 bits per heavy atom. The number of rotatable bonds is 7. The van der Waals surface area contributed by atoms with Gasteiger partial charge in [-0.15, -0.1) is 24.0 Å². The van der Waals surface area contributed by atoms with Gasteiger partial charge < -0.3 is 20.7 Å². The first-order valence-electron chi connectivity index (χ1n) is 8.69. The van der Waals surface area contributed by atoms with E-state index < -0.39 is 0 Å². The highest BCUT2D eigenvalue weighted by Gasteiger charge is 2.20. The van der Waals surface area contributed by atoms with Crippen LogP contribution < -0.4 is 20.7 Å². The maximum atomic E-state index is 11.8. The highest BCUT2D eigenvalue weighted by molar-refractivity contribution is 14.0. The number of aliphatic imine (C=N–C) groups is 1. The lowest BCUT2D eigenvalue weighted by molar-refractivity contribution is -0.128. The minimum absolute atomic E-state index is 0. The molecule has 148 valence electrons. The molecule has 7 heteroatoms. The number of benzene rings is 1. The number of aryl methyl sites for hydroxylation is 1. The molecule has 0 bridgehead atoms. The molecule has 6 nitrogen and oxygen atoms in total. The van der Waals surface area contributed by atoms with Crippen molar-refractivity contribution in [2.45, 2.75) is 40.7 Å². The number of halogens is 1. The zero-order valence-corrected chi connectivity index (χ0v) is 19.0. The molecule has 0 aromatic heterocycles. The second-order valence-corrected chi connectivity index (χ2v) is 7.08. The Kier molecular flexibility index (Phi) is 11.3. The van der Waals surface area contributed by atoms with Gasteiger partial charge in [0, 0.05) is 25.6 Å². The zero-order valence-electron chi connectivity index (χ0n) is 16.7. The smallest absolute Gasteiger partial charge is 0.225 e. The molecular weight excluding hydrogens is 443 g/mol. The molecule has 3 N–H and O–H groups in total. The van der Waals surface area contributed by atoms with E-state index in [0.717, 1.165) is 11.3 Å². The first kappa shape index (κ1) is 24.5. The van der Waals surface area contributed by atoms with Crippen molar-refractivity contribution in [1.82, 2.24) is 16.0 Å². The average molecular weight is 476 g/mol. The molecule has 0 saturated heterocycles. The van der Waals surface area contributed by atoms with Crippen molar-refractivity contribution < 1.29 is 9.53 Å². The van der Waals surface area contributed by atoms with E-state index in [1.165, 1.54) is 0 Å². The molecule has 0 heterocycles. The summed E-state index contributed by atoms with van der Waals surface area (Å²) in [5, 5.41) is 9.30. The van der Waals surface area contributed by atoms with Crippen LogP contribution >= 0.6 is 24.0 Å². The van der Waals surface area contributed by atoms with Gasteiger partial charge in [-0.05, 0) is 25.5 Å². The molecule has 0 fully saturated rings. The lowest BCUT2D eigenvalue weighted by atomic mass is 9.96. The first-order valence-corrected chi connectivity index (χ1v) is 8.69. The van der Waals surface area contributed by atoms with Crippen molar-refractivity contribution in [3.05, 3.63) is 29.8 Å². The van der Waals surface area contributed by atoms with E-state index in [1.54, 1.807) is 7.05 Å². The number of hydrogen-bond acceptors (Lipinski definition) is 3. The molecule has 1 aromatic rings. The molecule has 0 aliphatic rings. The number of hydrogen-bond donors (Lipinski definition) is 3. The molecule has 0 aliphatic heterocycles. The number of para-hydroxylation sites is 1. The van der Waals surface area contributed by atoms with E-state index in [9.17, 15) is 4.79 Å². The van der Waals surface area contributed by atoms with Gasteiger partial charge >= 0.3 is 0 Å². The van der Waals surface area contributed by atoms with Crippen LogP contribution in [0.15, 0.2) is 29.3 Å². The summed E-state index contributed by atoms with van der Waals surface area (Å²) in [5.41, 5.74) is 0.744. The summed E-state index contributed by atoms with van der Waals surface area (Å²) < 4.78 is 5.93. The normalized spacial score (nSPS) is 12.6. The minimum atomic E-state index is -0.373. The Balaban J connectivity index is 0.00000625. The molecule has 0 aliphatic carbocycles. The Morgan fingerprint density at radius 2 is 1.77 bits per heavy atom. The van der Waals surface area contributed by atoms with Gasteiger partial charge in [-0.25, -0.2) is 0 Å². The van der Waals surface area contributed by atoms with Crippen LogP contribution in [0.5, 0.6) is 5.75 Å². The van der Waals surface area contributed by atoms with Crippen LogP contribution in [-0.2, 0) is 4.79 Å². The fourth-order valence-corrected chi connectivity index (χ4v) is 2.03. The van der Waals surface area contributed by atoms with E-state index in [2.05, 4.69) is 20.9 Å². The van der Waals surface area contributed by atoms with Crippen molar-refractivity contribution in [3.8, 4) is 5.75 Å². The lowest BCUT2D eigenvalue weighted by Gasteiger charge is -2.20. The van der Waals surface area contributed by atoms with Crippen LogP contribution in [0.3, 0.4) is 0 Å². The van der Waals surface area contributed by atoms with Crippen molar-refractivity contribution in [3.63, 3.8) is 0 Å². The third-order valence-corrected chi connectivity index (χ3v) is 3.59. The number of guanidine groups is 1. The van der Waals surface area contributed by atoms with Gasteiger partial charge in [0.25, 0.3) is 0 Å². The fourth-order valence-electron chi connectivity index (χ4n) is 2.03. The molecule has 1 amide bonds. The van der Waals surface area contributed by atoms with E-state index in [-0.39, 0.29) is 41.4 Å². The molecule has 1 atom stereocenters. The monoisotopic (exact) mass is 476 g/mol. The van der Waals surface area contributed by atoms with Crippen LogP contribution in [-0.4, -0.2) is 44.7 Å². The summed E-state index contributed by atoms with van der Waals surface area (Å²) in [4.78, 5) is 16.0. The first-order chi connectivity index (χ1) is 11.7. The fraction of sp³-hybridized carbons (Fsp3) is 0.579. The van der Waals surface area contributed by atoms with E-state index >= 15 is 0 Å². The summed E-state index contributed by atoms with van der Waals surface area (Å²) in [6.07, 6.45) is 0.000225. The third kappa shape index (κ3) is 9.26. The summed E-state index contributed by atoms with van der Waals surface area (Å²) >= 11 is 0. The molecule has 1 unspecified atom stereocenters. The van der Waals surface area contributed by atoms with Crippen LogP contribution in [0.25, 0.3) is 0 Å². The number of nitrogens with one attached hydrogen (secondary N) is 3. The predicted molar refractivity (Wildman–Crippen MR) is 119 cm³/mol. The van der Waals surface area contributed by atoms with Crippen molar-refractivity contribution in [2.75, 3.05) is 26.7 Å². The van der Waals surface area contributed by atoms with Gasteiger partial charge in [-0.3, -0.25) is 9.79 Å². The maximum Gasteiger partial charge on any atom is 0.225 e. The molecule has 0 radical (unpaired) electrons. The van der Waals surface area contributed by atoms with Gasteiger partial charge in [0.15, 0.2) is 5.96 Å².